The molecule has 3 aliphatic rings. The third-order valence-electron chi connectivity index (χ3n) is 3.87. The Hall–Kier alpha value is -0.830. The predicted octanol–water partition coefficient (Wildman–Crippen LogP) is 1.05. The number of hydrogen-bond donors (Lipinski definition) is 1. The normalized spacial score (nSPS) is 51.2. The van der Waals surface area contributed by atoms with Gasteiger partial charge in [0.2, 0.25) is 0 Å². The standard InChI is InChI=1S/C10H12O3/c11-9(12)10-7-4-2-1-3-6(7)8(10)5-13-10/h1,3,6-8H,2,4-5H2,(H,11,12). The number of allylic oxidation sites excluding steroid dienone is 2. The molecule has 0 spiro atoms. The van der Waals surface area contributed by atoms with Gasteiger partial charge in [-0.1, -0.05) is 12.2 Å². The van der Waals surface area contributed by atoms with Gasteiger partial charge in [0, 0.05) is 11.8 Å². The summed E-state index contributed by atoms with van der Waals surface area (Å²) in [4.78, 5) is 11.1. The Morgan fingerprint density at radius 3 is 3.00 bits per heavy atom. The summed E-state index contributed by atoms with van der Waals surface area (Å²) >= 11 is 0. The lowest BCUT2D eigenvalue weighted by Gasteiger charge is -2.65. The molecule has 4 atom stereocenters. The first-order valence-electron chi connectivity index (χ1n) is 4.81. The second-order valence-corrected chi connectivity index (χ2v) is 4.21. The van der Waals surface area contributed by atoms with Crippen molar-refractivity contribution in [3.05, 3.63) is 12.2 Å². The summed E-state index contributed by atoms with van der Waals surface area (Å²) in [5.41, 5.74) is -0.782. The zero-order chi connectivity index (χ0) is 9.05. The Labute approximate surface area is 76.4 Å². The quantitative estimate of drug-likeness (QED) is 0.613. The van der Waals surface area contributed by atoms with Gasteiger partial charge in [0.1, 0.15) is 0 Å². The van der Waals surface area contributed by atoms with Crippen LogP contribution in [0.15, 0.2) is 12.2 Å². The minimum Gasteiger partial charge on any atom is -0.479 e. The van der Waals surface area contributed by atoms with Crippen molar-refractivity contribution >= 4 is 5.97 Å². The average Bonchev–Trinajstić information content (AvgIpc) is 2.05. The summed E-state index contributed by atoms with van der Waals surface area (Å²) in [6.45, 7) is 0.637. The average molecular weight is 180 g/mol. The highest BCUT2D eigenvalue weighted by Gasteiger charge is 2.72. The molecular weight excluding hydrogens is 168 g/mol. The smallest absolute Gasteiger partial charge is 0.336 e. The lowest BCUT2D eigenvalue weighted by Crippen LogP contribution is -2.76. The molecule has 1 aliphatic heterocycles. The highest BCUT2D eigenvalue weighted by atomic mass is 16.6. The molecule has 3 nitrogen and oxygen atoms in total. The Balaban J connectivity index is 1.94. The zero-order valence-electron chi connectivity index (χ0n) is 7.27. The molecule has 70 valence electrons. The summed E-state index contributed by atoms with van der Waals surface area (Å²) < 4.78 is 5.31. The minimum atomic E-state index is -0.782. The van der Waals surface area contributed by atoms with Crippen molar-refractivity contribution in [1.29, 1.82) is 0 Å². The molecule has 2 aliphatic carbocycles. The van der Waals surface area contributed by atoms with Crippen LogP contribution < -0.4 is 0 Å². The predicted molar refractivity (Wildman–Crippen MR) is 45.2 cm³/mol. The lowest BCUT2D eigenvalue weighted by atomic mass is 9.48. The molecule has 13 heavy (non-hydrogen) atoms. The Morgan fingerprint density at radius 1 is 1.54 bits per heavy atom. The van der Waals surface area contributed by atoms with E-state index in [1.165, 1.54) is 0 Å². The number of ether oxygens (including phenoxy) is 1. The molecule has 0 aromatic heterocycles. The molecule has 0 aromatic carbocycles. The van der Waals surface area contributed by atoms with Gasteiger partial charge in [0.15, 0.2) is 5.60 Å². The van der Waals surface area contributed by atoms with E-state index >= 15 is 0 Å². The first kappa shape index (κ1) is 7.56. The van der Waals surface area contributed by atoms with Gasteiger partial charge in [-0.3, -0.25) is 0 Å². The van der Waals surface area contributed by atoms with Gasteiger partial charge in [-0.15, -0.1) is 0 Å². The Morgan fingerprint density at radius 2 is 2.38 bits per heavy atom. The van der Waals surface area contributed by atoms with E-state index < -0.39 is 11.6 Å². The monoisotopic (exact) mass is 180 g/mol. The summed E-state index contributed by atoms with van der Waals surface area (Å²) in [7, 11) is 0. The van der Waals surface area contributed by atoms with Gasteiger partial charge in [-0.05, 0) is 18.8 Å². The number of hydrogen-bond acceptors (Lipinski definition) is 2. The number of carboxylic acids is 1. The van der Waals surface area contributed by atoms with Gasteiger partial charge in [0.25, 0.3) is 0 Å². The highest BCUT2D eigenvalue weighted by molar-refractivity contribution is 5.81. The van der Waals surface area contributed by atoms with Crippen LogP contribution in [0.4, 0.5) is 0 Å². The molecule has 3 rings (SSSR count). The van der Waals surface area contributed by atoms with Crippen molar-refractivity contribution in [3.63, 3.8) is 0 Å². The molecule has 0 bridgehead atoms. The van der Waals surface area contributed by atoms with Crippen LogP contribution in [0.3, 0.4) is 0 Å². The number of carboxylic acid groups (broad SMARTS) is 1. The van der Waals surface area contributed by atoms with Gasteiger partial charge < -0.3 is 9.84 Å². The molecule has 0 aromatic rings. The van der Waals surface area contributed by atoms with E-state index in [0.717, 1.165) is 12.8 Å². The molecule has 2 fully saturated rings. The molecular formula is C10H12O3. The van der Waals surface area contributed by atoms with Gasteiger partial charge in [-0.25, -0.2) is 4.79 Å². The van der Waals surface area contributed by atoms with Gasteiger partial charge in [-0.2, -0.15) is 0 Å². The number of rotatable bonds is 1. The van der Waals surface area contributed by atoms with Gasteiger partial charge in [0.05, 0.1) is 6.61 Å². The number of carbonyl (C=O) groups is 1. The summed E-state index contributed by atoms with van der Waals surface area (Å²) in [6.07, 6.45) is 6.34. The second-order valence-electron chi connectivity index (χ2n) is 4.21. The van der Waals surface area contributed by atoms with E-state index in [1.54, 1.807) is 0 Å². The maximum atomic E-state index is 11.1. The fraction of sp³-hybridized carbons (Fsp3) is 0.700. The number of fused-ring (bicyclic) bond motifs is 4. The summed E-state index contributed by atoms with van der Waals surface area (Å²) in [5, 5.41) is 9.10. The van der Waals surface area contributed by atoms with Crippen molar-refractivity contribution in [2.75, 3.05) is 6.61 Å². The van der Waals surface area contributed by atoms with E-state index in [-0.39, 0.29) is 11.8 Å². The van der Waals surface area contributed by atoms with Crippen molar-refractivity contribution in [1.82, 2.24) is 0 Å². The lowest BCUT2D eigenvalue weighted by molar-refractivity contribution is -0.315. The fourth-order valence-electron chi connectivity index (χ4n) is 3.17. The van der Waals surface area contributed by atoms with Crippen LogP contribution in [0, 0.1) is 17.8 Å². The Kier molecular flexibility index (Phi) is 1.25. The maximum absolute atomic E-state index is 11.1. The SMILES string of the molecule is O=C(O)C12OCC1C1C=CCCC12. The van der Waals surface area contributed by atoms with Crippen LogP contribution in [0.25, 0.3) is 0 Å². The van der Waals surface area contributed by atoms with Crippen molar-refractivity contribution in [2.45, 2.75) is 18.4 Å². The molecule has 1 saturated heterocycles. The highest BCUT2D eigenvalue weighted by Crippen LogP contribution is 2.61. The van der Waals surface area contributed by atoms with E-state index in [1.807, 2.05) is 0 Å². The summed E-state index contributed by atoms with van der Waals surface area (Å²) in [6, 6.07) is 0. The first-order chi connectivity index (χ1) is 6.27. The third-order valence-corrected chi connectivity index (χ3v) is 3.87. The first-order valence-corrected chi connectivity index (χ1v) is 4.81. The largest absolute Gasteiger partial charge is 0.479 e. The molecule has 0 amide bonds. The van der Waals surface area contributed by atoms with Crippen LogP contribution in [0.5, 0.6) is 0 Å². The third kappa shape index (κ3) is 0.645. The Bertz CT molecular complexity index is 297. The summed E-state index contributed by atoms with van der Waals surface area (Å²) in [5.74, 6) is 0.235. The van der Waals surface area contributed by atoms with E-state index in [0.29, 0.717) is 12.5 Å². The van der Waals surface area contributed by atoms with E-state index in [2.05, 4.69) is 12.2 Å². The molecule has 0 radical (unpaired) electrons. The van der Waals surface area contributed by atoms with Crippen molar-refractivity contribution in [2.24, 2.45) is 17.8 Å². The molecule has 1 saturated carbocycles. The minimum absolute atomic E-state index is 0.244. The topological polar surface area (TPSA) is 46.5 Å². The van der Waals surface area contributed by atoms with Crippen LogP contribution in [-0.4, -0.2) is 23.3 Å². The van der Waals surface area contributed by atoms with Gasteiger partial charge >= 0.3 is 5.97 Å². The van der Waals surface area contributed by atoms with E-state index in [9.17, 15) is 4.79 Å². The second kappa shape index (κ2) is 2.15. The fourth-order valence-corrected chi connectivity index (χ4v) is 3.17. The van der Waals surface area contributed by atoms with Crippen molar-refractivity contribution in [3.8, 4) is 0 Å². The zero-order valence-corrected chi connectivity index (χ0v) is 7.27. The van der Waals surface area contributed by atoms with Crippen LogP contribution >= 0.6 is 0 Å². The van der Waals surface area contributed by atoms with Crippen LogP contribution in [-0.2, 0) is 9.53 Å². The van der Waals surface area contributed by atoms with Crippen LogP contribution in [0.1, 0.15) is 12.8 Å². The van der Waals surface area contributed by atoms with E-state index in [4.69, 9.17) is 9.84 Å². The molecule has 1 N–H and O–H groups in total. The number of aliphatic carboxylic acids is 1. The molecule has 3 heteroatoms. The van der Waals surface area contributed by atoms with Crippen LogP contribution in [0.2, 0.25) is 0 Å². The molecule has 1 heterocycles. The van der Waals surface area contributed by atoms with Crippen molar-refractivity contribution < 1.29 is 14.6 Å². The molecule has 4 unspecified atom stereocenters. The maximum Gasteiger partial charge on any atom is 0.336 e.